The Labute approximate surface area is 212 Å². The highest BCUT2D eigenvalue weighted by Gasteiger charge is 2.34. The van der Waals surface area contributed by atoms with E-state index in [1.165, 1.54) is 17.8 Å². The lowest BCUT2D eigenvalue weighted by molar-refractivity contribution is -0.133. The number of nitrogens with zero attached hydrogens (tertiary/aromatic N) is 3. The van der Waals surface area contributed by atoms with Crippen molar-refractivity contribution in [2.75, 3.05) is 11.9 Å². The molecule has 1 amide bonds. The summed E-state index contributed by atoms with van der Waals surface area (Å²) in [4.78, 5) is 29.9. The zero-order valence-electron chi connectivity index (χ0n) is 21.3. The SMILES string of the molecule is Cn1cc(C2CCCCC(C(=O)C(C)(C)CO)CC2)c2cc(NC(=O)c3cc(C#N)ccn3)ccc21. The molecule has 4 rings (SSSR count). The molecule has 1 aromatic carbocycles. The minimum absolute atomic E-state index is 0.0172. The number of aromatic nitrogens is 2. The van der Waals surface area contributed by atoms with Gasteiger partial charge in [-0.15, -0.1) is 0 Å². The summed E-state index contributed by atoms with van der Waals surface area (Å²) in [5, 5.41) is 22.8. The third-order valence-electron chi connectivity index (χ3n) is 7.49. The average molecular weight is 487 g/mol. The van der Waals surface area contributed by atoms with Crippen LogP contribution in [0.25, 0.3) is 10.9 Å². The van der Waals surface area contributed by atoms with E-state index >= 15 is 0 Å². The van der Waals surface area contributed by atoms with Gasteiger partial charge in [-0.3, -0.25) is 14.6 Å². The van der Waals surface area contributed by atoms with Crippen molar-refractivity contribution in [2.24, 2.45) is 18.4 Å². The zero-order valence-corrected chi connectivity index (χ0v) is 21.3. The quantitative estimate of drug-likeness (QED) is 0.489. The summed E-state index contributed by atoms with van der Waals surface area (Å²) in [7, 11) is 2.03. The Balaban J connectivity index is 1.57. The third kappa shape index (κ3) is 5.34. The first kappa shape index (κ1) is 25.6. The maximum Gasteiger partial charge on any atom is 0.274 e. The molecule has 7 heteroatoms. The van der Waals surface area contributed by atoms with Crippen molar-refractivity contribution in [2.45, 2.75) is 58.3 Å². The van der Waals surface area contributed by atoms with Crippen molar-refractivity contribution in [3.8, 4) is 6.07 Å². The largest absolute Gasteiger partial charge is 0.395 e. The predicted molar refractivity (Wildman–Crippen MR) is 140 cm³/mol. The standard InChI is InChI=1S/C29H34N4O3/c1-29(2,18-34)27(35)21-7-5-4-6-20(8-9-21)24-17-33(3)26-11-10-22(15-23(24)26)32-28(36)25-14-19(16-30)12-13-31-25/h10-15,17,20-21,34H,4-9,18H2,1-3H3,(H,32,36). The number of nitrogens with one attached hydrogen (secondary N) is 1. The number of pyridine rings is 1. The summed E-state index contributed by atoms with van der Waals surface area (Å²) in [6.45, 7) is 3.54. The third-order valence-corrected chi connectivity index (χ3v) is 7.49. The van der Waals surface area contributed by atoms with Crippen LogP contribution in [0.3, 0.4) is 0 Å². The minimum atomic E-state index is -0.701. The Hall–Kier alpha value is -3.50. The molecule has 0 saturated heterocycles. The van der Waals surface area contributed by atoms with Gasteiger partial charge in [-0.05, 0) is 67.5 Å². The molecule has 0 aliphatic heterocycles. The maximum atomic E-state index is 13.1. The van der Waals surface area contributed by atoms with Crippen LogP contribution in [0, 0.1) is 22.7 Å². The number of benzene rings is 1. The van der Waals surface area contributed by atoms with Gasteiger partial charge in [-0.1, -0.05) is 26.7 Å². The second-order valence-electron chi connectivity index (χ2n) is 10.6. The molecule has 2 aromatic heterocycles. The van der Waals surface area contributed by atoms with Crippen LogP contribution in [0.4, 0.5) is 5.69 Å². The Kier molecular flexibility index (Phi) is 7.56. The molecule has 0 spiro atoms. The predicted octanol–water partition coefficient (Wildman–Crippen LogP) is 5.34. The molecule has 0 bridgehead atoms. The number of amides is 1. The second-order valence-corrected chi connectivity index (χ2v) is 10.6. The van der Waals surface area contributed by atoms with Gasteiger partial charge in [0.15, 0.2) is 0 Å². The molecule has 3 aromatic rings. The highest BCUT2D eigenvalue weighted by Crippen LogP contribution is 2.39. The molecule has 1 aliphatic rings. The lowest BCUT2D eigenvalue weighted by atomic mass is 9.74. The van der Waals surface area contributed by atoms with E-state index in [-0.39, 0.29) is 29.9 Å². The van der Waals surface area contributed by atoms with Gasteiger partial charge in [0.25, 0.3) is 5.91 Å². The van der Waals surface area contributed by atoms with Crippen LogP contribution < -0.4 is 5.32 Å². The molecular formula is C29H34N4O3. The highest BCUT2D eigenvalue weighted by atomic mass is 16.3. The average Bonchev–Trinajstić information content (AvgIpc) is 3.19. The van der Waals surface area contributed by atoms with Crippen LogP contribution in [0.1, 0.15) is 79.9 Å². The second kappa shape index (κ2) is 10.6. The van der Waals surface area contributed by atoms with Gasteiger partial charge in [-0.2, -0.15) is 5.26 Å². The number of aliphatic hydroxyl groups excluding tert-OH is 1. The van der Waals surface area contributed by atoms with E-state index in [2.05, 4.69) is 21.1 Å². The molecule has 36 heavy (non-hydrogen) atoms. The fourth-order valence-corrected chi connectivity index (χ4v) is 5.32. The Morgan fingerprint density at radius 1 is 1.17 bits per heavy atom. The number of hydrogen-bond acceptors (Lipinski definition) is 5. The van der Waals surface area contributed by atoms with E-state index in [9.17, 15) is 14.7 Å². The number of aryl methyl sites for hydroxylation is 1. The maximum absolute atomic E-state index is 13.1. The van der Waals surface area contributed by atoms with Crippen LogP contribution in [0.2, 0.25) is 0 Å². The first-order chi connectivity index (χ1) is 17.2. The molecule has 1 fully saturated rings. The van der Waals surface area contributed by atoms with Crippen molar-refractivity contribution in [3.05, 3.63) is 59.5 Å². The van der Waals surface area contributed by atoms with Gasteiger partial charge in [0, 0.05) is 47.4 Å². The molecule has 2 heterocycles. The monoisotopic (exact) mass is 486 g/mol. The highest BCUT2D eigenvalue weighted by molar-refractivity contribution is 6.04. The molecular weight excluding hydrogens is 452 g/mol. The number of aliphatic hydroxyl groups is 1. The van der Waals surface area contributed by atoms with Gasteiger partial charge in [-0.25, -0.2) is 0 Å². The minimum Gasteiger partial charge on any atom is -0.395 e. The first-order valence-electron chi connectivity index (χ1n) is 12.6. The Morgan fingerprint density at radius 3 is 2.69 bits per heavy atom. The van der Waals surface area contributed by atoms with Crippen molar-refractivity contribution in [3.63, 3.8) is 0 Å². The van der Waals surface area contributed by atoms with Crippen LogP contribution in [-0.2, 0) is 11.8 Å². The van der Waals surface area contributed by atoms with Gasteiger partial charge in [0.1, 0.15) is 11.5 Å². The van der Waals surface area contributed by atoms with Gasteiger partial charge < -0.3 is 15.0 Å². The lowest BCUT2D eigenvalue weighted by Crippen LogP contribution is -2.34. The van der Waals surface area contributed by atoms with Gasteiger partial charge in [0.05, 0.1) is 18.2 Å². The Bertz CT molecular complexity index is 1320. The number of anilines is 1. The van der Waals surface area contributed by atoms with Gasteiger partial charge >= 0.3 is 0 Å². The van der Waals surface area contributed by atoms with Gasteiger partial charge in [0.2, 0.25) is 0 Å². The van der Waals surface area contributed by atoms with Crippen LogP contribution in [0.5, 0.6) is 0 Å². The number of ketones is 1. The fourth-order valence-electron chi connectivity index (χ4n) is 5.32. The van der Waals surface area contributed by atoms with Crippen molar-refractivity contribution in [1.29, 1.82) is 5.26 Å². The molecule has 2 unspecified atom stereocenters. The molecule has 188 valence electrons. The van der Waals surface area contributed by atoms with E-state index in [1.54, 1.807) is 6.07 Å². The molecule has 0 radical (unpaired) electrons. The zero-order chi connectivity index (χ0) is 25.9. The lowest BCUT2D eigenvalue weighted by Gasteiger charge is -2.29. The Morgan fingerprint density at radius 2 is 1.94 bits per heavy atom. The summed E-state index contributed by atoms with van der Waals surface area (Å²) < 4.78 is 2.12. The molecule has 2 atom stereocenters. The number of Topliss-reactive ketones (excluding diaryl/α,β-unsaturated/α-hetero) is 1. The summed E-state index contributed by atoms with van der Waals surface area (Å²) in [6, 6.07) is 11.0. The van der Waals surface area contributed by atoms with E-state index in [1.807, 2.05) is 45.2 Å². The van der Waals surface area contributed by atoms with E-state index in [0.717, 1.165) is 49.4 Å². The smallest absolute Gasteiger partial charge is 0.274 e. The van der Waals surface area contributed by atoms with Crippen LogP contribution in [-0.4, -0.2) is 33.0 Å². The van der Waals surface area contributed by atoms with Crippen LogP contribution >= 0.6 is 0 Å². The number of carbonyl (C=O) groups excluding carboxylic acids is 2. The summed E-state index contributed by atoms with van der Waals surface area (Å²) in [5.41, 5.74) is 2.88. The van der Waals surface area contributed by atoms with E-state index in [4.69, 9.17) is 5.26 Å². The summed E-state index contributed by atoms with van der Waals surface area (Å²) in [5.74, 6) is 0.114. The molecule has 7 nitrogen and oxygen atoms in total. The van der Waals surface area contributed by atoms with Crippen molar-refractivity contribution >= 4 is 28.3 Å². The molecule has 1 aliphatic carbocycles. The van der Waals surface area contributed by atoms with E-state index < -0.39 is 5.41 Å². The number of carbonyl (C=O) groups is 2. The summed E-state index contributed by atoms with van der Waals surface area (Å²) >= 11 is 0. The fraction of sp³-hybridized carbons (Fsp3) is 0.448. The first-order valence-corrected chi connectivity index (χ1v) is 12.6. The van der Waals surface area contributed by atoms with Crippen molar-refractivity contribution < 1.29 is 14.7 Å². The number of rotatable bonds is 6. The number of fused-ring (bicyclic) bond motifs is 1. The normalized spacial score (nSPS) is 18.8. The topological polar surface area (TPSA) is 108 Å². The molecule has 2 N–H and O–H groups in total. The van der Waals surface area contributed by atoms with Crippen molar-refractivity contribution in [1.82, 2.24) is 9.55 Å². The van der Waals surface area contributed by atoms with Crippen LogP contribution in [0.15, 0.2) is 42.7 Å². The number of nitriles is 1. The van der Waals surface area contributed by atoms with E-state index in [0.29, 0.717) is 17.2 Å². The molecule has 1 saturated carbocycles. The number of hydrogen-bond donors (Lipinski definition) is 2. The summed E-state index contributed by atoms with van der Waals surface area (Å²) in [6.07, 6.45) is 9.39.